The minimum Gasteiger partial charge on any atom is -0.334 e. The van der Waals surface area contributed by atoms with Crippen LogP contribution in [0.3, 0.4) is 0 Å². The van der Waals surface area contributed by atoms with E-state index in [4.69, 9.17) is 0 Å². The molecule has 0 atom stereocenters. The zero-order chi connectivity index (χ0) is 36.8. The molecule has 5 aromatic rings. The highest BCUT2D eigenvalue weighted by atomic mass is 32.2. The van der Waals surface area contributed by atoms with Crippen molar-refractivity contribution in [1.82, 2.24) is 4.90 Å². The molecule has 0 bridgehead atoms. The molecule has 9 nitrogen and oxygen atoms in total. The summed E-state index contributed by atoms with van der Waals surface area (Å²) in [6.45, 7) is 13.0. The van der Waals surface area contributed by atoms with Gasteiger partial charge in [0.25, 0.3) is 25.2 Å². The summed E-state index contributed by atoms with van der Waals surface area (Å²) in [7, 11) is -8.17. The number of allylic oxidation sites excluding steroid dienone is 2. The number of fused-ring (bicyclic) bond motifs is 6. The van der Waals surface area contributed by atoms with Crippen LogP contribution in [0.1, 0.15) is 45.5 Å². The van der Waals surface area contributed by atoms with Crippen molar-refractivity contribution >= 4 is 86.9 Å². The van der Waals surface area contributed by atoms with Crippen LogP contribution in [0.15, 0.2) is 94.4 Å². The lowest BCUT2D eigenvalue weighted by molar-refractivity contribution is -0.667. The average Bonchev–Trinajstić information content (AvgIpc) is 3.62. The Hall–Kier alpha value is -3.30. The smallest absolute Gasteiger partial charge is 0.265 e. The number of hydrogen-bond acceptors (Lipinski definition) is 8. The maximum absolute atomic E-state index is 11.5. The van der Waals surface area contributed by atoms with Crippen LogP contribution in [-0.4, -0.2) is 68.5 Å². The SMILES string of the molecule is CC(/C=C1\Sc2ccc3ccccc3c2N1CCCS(=O)(=O)O)=C\c1sc2ccc3ccccc3c2[n+]1CCCS(=O)(=O)O.CCN(CC)CC. The molecule has 2 N–H and O–H groups in total. The molecule has 0 aliphatic carbocycles. The number of rotatable bonds is 13. The van der Waals surface area contributed by atoms with Crippen molar-refractivity contribution in [2.75, 3.05) is 42.6 Å². The first-order valence-corrected chi connectivity index (χ1v) is 22.0. The van der Waals surface area contributed by atoms with Gasteiger partial charge in [0.2, 0.25) is 5.52 Å². The topological polar surface area (TPSA) is 119 Å². The van der Waals surface area contributed by atoms with Crippen LogP contribution in [0.4, 0.5) is 5.69 Å². The van der Waals surface area contributed by atoms with E-state index in [1.54, 1.807) is 23.1 Å². The zero-order valence-electron chi connectivity index (χ0n) is 29.4. The largest absolute Gasteiger partial charge is 0.334 e. The summed E-state index contributed by atoms with van der Waals surface area (Å²) in [6, 6.07) is 24.5. The predicted molar refractivity (Wildman–Crippen MR) is 214 cm³/mol. The number of anilines is 1. The summed E-state index contributed by atoms with van der Waals surface area (Å²) >= 11 is 3.24. The van der Waals surface area contributed by atoms with Crippen LogP contribution < -0.4 is 9.47 Å². The Morgan fingerprint density at radius 3 is 2.02 bits per heavy atom. The predicted octanol–water partition coefficient (Wildman–Crippen LogP) is 8.26. The molecule has 1 aromatic heterocycles. The molecule has 0 spiro atoms. The molecule has 13 heteroatoms. The van der Waals surface area contributed by atoms with Gasteiger partial charge in [-0.3, -0.25) is 9.11 Å². The van der Waals surface area contributed by atoms with E-state index in [0.717, 1.165) is 58.0 Å². The van der Waals surface area contributed by atoms with Crippen LogP contribution in [-0.2, 0) is 26.8 Å². The van der Waals surface area contributed by atoms with Crippen LogP contribution in [0.5, 0.6) is 0 Å². The molecule has 0 saturated heterocycles. The molecule has 1 aliphatic rings. The van der Waals surface area contributed by atoms with E-state index >= 15 is 0 Å². The quantitative estimate of drug-likeness (QED) is 0.0902. The molecule has 0 radical (unpaired) electrons. The number of nitrogens with zero attached hydrogens (tertiary/aromatic N) is 3. The van der Waals surface area contributed by atoms with Crippen LogP contribution >= 0.6 is 23.1 Å². The Morgan fingerprint density at radius 1 is 0.804 bits per heavy atom. The zero-order valence-corrected chi connectivity index (χ0v) is 32.7. The van der Waals surface area contributed by atoms with Gasteiger partial charge in [-0.1, -0.05) is 98.5 Å². The highest BCUT2D eigenvalue weighted by Gasteiger charge is 2.28. The molecule has 0 unspecified atom stereocenters. The van der Waals surface area contributed by atoms with E-state index in [9.17, 15) is 25.9 Å². The first-order chi connectivity index (χ1) is 24.3. The maximum atomic E-state index is 11.5. The van der Waals surface area contributed by atoms with Crippen LogP contribution in [0, 0.1) is 0 Å². The average molecular weight is 769 g/mol. The number of hydrogen-bond donors (Lipinski definition) is 2. The van der Waals surface area contributed by atoms with E-state index in [2.05, 4.69) is 95.8 Å². The van der Waals surface area contributed by atoms with Crippen LogP contribution in [0.2, 0.25) is 0 Å². The van der Waals surface area contributed by atoms with Gasteiger partial charge in [-0.15, -0.1) is 0 Å². The molecule has 0 fully saturated rings. The fraction of sp³-hybridized carbons (Fsp3) is 0.342. The van der Waals surface area contributed by atoms with Crippen molar-refractivity contribution in [2.24, 2.45) is 0 Å². The number of thiazole rings is 1. The first kappa shape index (κ1) is 38.9. The lowest BCUT2D eigenvalue weighted by Crippen LogP contribution is -2.36. The summed E-state index contributed by atoms with van der Waals surface area (Å²) in [4.78, 5) is 5.58. The van der Waals surface area contributed by atoms with E-state index in [0.29, 0.717) is 13.1 Å². The van der Waals surface area contributed by atoms with Crippen molar-refractivity contribution in [3.63, 3.8) is 0 Å². The Labute approximate surface area is 309 Å². The molecule has 2 heterocycles. The third-order valence-corrected chi connectivity index (χ3v) is 12.6. The summed E-state index contributed by atoms with van der Waals surface area (Å²) in [5.41, 5.74) is 3.01. The monoisotopic (exact) mass is 768 g/mol. The molecule has 272 valence electrons. The Bertz CT molecular complexity index is 2290. The van der Waals surface area contributed by atoms with E-state index in [-0.39, 0.29) is 24.3 Å². The summed E-state index contributed by atoms with van der Waals surface area (Å²) < 4.78 is 67.9. The lowest BCUT2D eigenvalue weighted by atomic mass is 10.1. The summed E-state index contributed by atoms with van der Waals surface area (Å²) in [5.74, 6) is -0.647. The second kappa shape index (κ2) is 17.0. The normalized spacial score (nSPS) is 14.5. The third kappa shape index (κ3) is 9.98. The van der Waals surface area contributed by atoms with Gasteiger partial charge in [0, 0.05) is 29.3 Å². The second-order valence-electron chi connectivity index (χ2n) is 12.4. The molecular formula is C38H46N3O6S4+. The molecule has 6 rings (SSSR count). The Kier molecular flexibility index (Phi) is 13.0. The van der Waals surface area contributed by atoms with Gasteiger partial charge < -0.3 is 9.80 Å². The fourth-order valence-electron chi connectivity index (χ4n) is 6.32. The highest BCUT2D eigenvalue weighted by Crippen LogP contribution is 2.50. The van der Waals surface area contributed by atoms with Gasteiger partial charge in [-0.2, -0.15) is 21.4 Å². The maximum Gasteiger partial charge on any atom is 0.265 e. The van der Waals surface area contributed by atoms with Crippen molar-refractivity contribution in [3.05, 3.63) is 94.5 Å². The van der Waals surface area contributed by atoms with Gasteiger partial charge >= 0.3 is 0 Å². The fourth-order valence-corrected chi connectivity index (χ4v) is 9.74. The number of benzene rings is 4. The standard InChI is InChI=1S/C32H30N2O6S4.C6H15N/c1-22(20-29-33(16-6-18-43(35,36)37)31-25-10-4-2-8-23(25)12-14-27(31)41-29)21-30-34(17-7-19-44(38,39)40)32-26-11-5-3-9-24(26)13-15-28(32)42-30;1-4-7(5-2)6-3/h2-5,8-15,20-21H,6-7,16-19H2,1H3,(H-,35,36,37,38,39,40);4-6H2,1-3H3/p+1. The van der Waals surface area contributed by atoms with E-state index in [1.807, 2.05) is 31.2 Å². The van der Waals surface area contributed by atoms with Crippen molar-refractivity contribution < 1.29 is 30.5 Å². The van der Waals surface area contributed by atoms with Gasteiger partial charge in [0.15, 0.2) is 6.54 Å². The Morgan fingerprint density at radius 2 is 1.39 bits per heavy atom. The second-order valence-corrected chi connectivity index (χ2v) is 17.7. The first-order valence-electron chi connectivity index (χ1n) is 17.2. The molecule has 4 aromatic carbocycles. The molecule has 51 heavy (non-hydrogen) atoms. The number of aryl methyl sites for hydroxylation is 1. The van der Waals surface area contributed by atoms with Gasteiger partial charge in [0.1, 0.15) is 4.70 Å². The van der Waals surface area contributed by atoms with Crippen molar-refractivity contribution in [2.45, 2.75) is 52.0 Å². The Balaban J connectivity index is 0.000000654. The molecular weight excluding hydrogens is 723 g/mol. The molecule has 0 amide bonds. The lowest BCUT2D eigenvalue weighted by Gasteiger charge is -2.22. The number of thioether (sulfide) groups is 1. The van der Waals surface area contributed by atoms with Gasteiger partial charge in [0.05, 0.1) is 27.6 Å². The molecule has 0 saturated carbocycles. The van der Waals surface area contributed by atoms with Gasteiger partial charge in [-0.25, -0.2) is 0 Å². The van der Waals surface area contributed by atoms with E-state index in [1.165, 1.54) is 19.6 Å². The minimum absolute atomic E-state index is 0.263. The summed E-state index contributed by atoms with van der Waals surface area (Å²) in [5, 5.41) is 6.21. The minimum atomic E-state index is -4.09. The molecule has 1 aliphatic heterocycles. The summed E-state index contributed by atoms with van der Waals surface area (Å²) in [6.07, 6.45) is 4.69. The van der Waals surface area contributed by atoms with Crippen LogP contribution in [0.25, 0.3) is 37.8 Å². The van der Waals surface area contributed by atoms with Gasteiger partial charge in [-0.05, 0) is 73.6 Å². The van der Waals surface area contributed by atoms with Crippen molar-refractivity contribution in [3.8, 4) is 0 Å². The number of aromatic nitrogens is 1. The third-order valence-electron chi connectivity index (χ3n) is 8.84. The van der Waals surface area contributed by atoms with Crippen molar-refractivity contribution in [1.29, 1.82) is 0 Å². The van der Waals surface area contributed by atoms with E-state index < -0.39 is 20.2 Å². The highest BCUT2D eigenvalue weighted by molar-refractivity contribution is 8.03.